The third-order valence-electron chi connectivity index (χ3n) is 5.98. The van der Waals surface area contributed by atoms with Crippen molar-refractivity contribution in [3.8, 4) is 11.5 Å². The molecule has 0 amide bonds. The van der Waals surface area contributed by atoms with Crippen LogP contribution in [0.4, 0.5) is 9.52 Å². The Morgan fingerprint density at radius 3 is 2.52 bits per heavy atom. The first-order chi connectivity index (χ1) is 15.8. The molecule has 6 nitrogen and oxygen atoms in total. The Bertz CT molecular complexity index is 1240. The van der Waals surface area contributed by atoms with Gasteiger partial charge in [-0.2, -0.15) is 0 Å². The molecular formula is C24H27FN2O4S2. The van der Waals surface area contributed by atoms with E-state index in [0.717, 1.165) is 22.5 Å². The van der Waals surface area contributed by atoms with Crippen LogP contribution in [0.2, 0.25) is 0 Å². The number of benzene rings is 2. The van der Waals surface area contributed by atoms with Crippen molar-refractivity contribution >= 4 is 26.3 Å². The van der Waals surface area contributed by atoms with Crippen LogP contribution in [0, 0.1) is 12.7 Å². The van der Waals surface area contributed by atoms with Gasteiger partial charge in [-0.1, -0.05) is 12.1 Å². The van der Waals surface area contributed by atoms with Gasteiger partial charge >= 0.3 is 0 Å². The molecule has 0 bridgehead atoms. The second kappa shape index (κ2) is 9.69. The lowest BCUT2D eigenvalue weighted by atomic mass is 10.1. The van der Waals surface area contributed by atoms with Gasteiger partial charge in [-0.3, -0.25) is 0 Å². The second-order valence-electron chi connectivity index (χ2n) is 8.13. The zero-order chi connectivity index (χ0) is 23.6. The normalized spacial score (nSPS) is 15.0. The number of rotatable bonds is 7. The summed E-state index contributed by atoms with van der Waals surface area (Å²) in [6.45, 7) is 2.90. The highest BCUT2D eigenvalue weighted by Gasteiger charge is 2.33. The minimum atomic E-state index is -3.57. The van der Waals surface area contributed by atoms with Crippen LogP contribution in [-0.2, 0) is 16.3 Å². The first kappa shape index (κ1) is 23.5. The Labute approximate surface area is 197 Å². The zero-order valence-corrected chi connectivity index (χ0v) is 20.5. The summed E-state index contributed by atoms with van der Waals surface area (Å²) in [5, 5.41) is 2.41. The molecule has 3 aromatic rings. The predicted molar refractivity (Wildman–Crippen MR) is 128 cm³/mol. The molecule has 1 aromatic heterocycles. The maximum atomic E-state index is 13.7. The summed E-state index contributed by atoms with van der Waals surface area (Å²) in [6, 6.07) is 9.77. The molecule has 0 aliphatic carbocycles. The van der Waals surface area contributed by atoms with Crippen molar-refractivity contribution in [2.24, 2.45) is 0 Å². The number of ether oxygens (including phenoxy) is 2. The maximum Gasteiger partial charge on any atom is 0.185 e. The lowest BCUT2D eigenvalue weighted by Gasteiger charge is -2.31. The molecule has 33 heavy (non-hydrogen) atoms. The SMILES string of the molecule is COc1ccc(Cc2csc(N3CCC(S(=O)(=O)c4cc(F)ccc4C)CC3)n2)cc1OC. The van der Waals surface area contributed by atoms with Crippen LogP contribution >= 0.6 is 11.3 Å². The predicted octanol–water partition coefficient (Wildman–Crippen LogP) is 4.64. The number of methoxy groups -OCH3 is 2. The summed E-state index contributed by atoms with van der Waals surface area (Å²) in [6.07, 6.45) is 1.65. The first-order valence-corrected chi connectivity index (χ1v) is 13.1. The summed E-state index contributed by atoms with van der Waals surface area (Å²) in [5.41, 5.74) is 2.60. The molecule has 9 heteroatoms. The van der Waals surface area contributed by atoms with Crippen LogP contribution in [0.3, 0.4) is 0 Å². The molecule has 1 aliphatic rings. The second-order valence-corrected chi connectivity index (χ2v) is 11.2. The van der Waals surface area contributed by atoms with Crippen molar-refractivity contribution in [1.29, 1.82) is 0 Å². The van der Waals surface area contributed by atoms with Crippen molar-refractivity contribution in [3.63, 3.8) is 0 Å². The van der Waals surface area contributed by atoms with Gasteiger partial charge in [-0.15, -0.1) is 11.3 Å². The van der Waals surface area contributed by atoms with Crippen molar-refractivity contribution < 1.29 is 22.3 Å². The summed E-state index contributed by atoms with van der Waals surface area (Å²) in [4.78, 5) is 7.01. The maximum absolute atomic E-state index is 13.7. The van der Waals surface area contributed by atoms with E-state index in [4.69, 9.17) is 14.5 Å². The van der Waals surface area contributed by atoms with E-state index in [1.54, 1.807) is 32.5 Å². The van der Waals surface area contributed by atoms with Gasteiger partial charge in [0.05, 0.1) is 30.1 Å². The van der Waals surface area contributed by atoms with Gasteiger partial charge in [-0.05, 0) is 55.2 Å². The van der Waals surface area contributed by atoms with E-state index < -0.39 is 20.9 Å². The molecule has 2 heterocycles. The van der Waals surface area contributed by atoms with E-state index in [1.807, 2.05) is 23.6 Å². The fourth-order valence-corrected chi connectivity index (χ4v) is 7.00. The lowest BCUT2D eigenvalue weighted by molar-refractivity contribution is 0.354. The van der Waals surface area contributed by atoms with Crippen LogP contribution in [0.15, 0.2) is 46.7 Å². The number of thiazole rings is 1. The summed E-state index contributed by atoms with van der Waals surface area (Å²) >= 11 is 1.56. The van der Waals surface area contributed by atoms with E-state index in [2.05, 4.69) is 4.90 Å². The van der Waals surface area contributed by atoms with Gasteiger partial charge in [0.1, 0.15) is 5.82 Å². The molecule has 0 saturated carbocycles. The highest BCUT2D eigenvalue weighted by atomic mass is 32.2. The third-order valence-corrected chi connectivity index (χ3v) is 9.33. The largest absolute Gasteiger partial charge is 0.493 e. The molecule has 0 spiro atoms. The van der Waals surface area contributed by atoms with Crippen LogP contribution in [-0.4, -0.2) is 46.0 Å². The molecule has 0 unspecified atom stereocenters. The van der Waals surface area contributed by atoms with E-state index in [0.29, 0.717) is 49.4 Å². The number of piperidine rings is 1. The van der Waals surface area contributed by atoms with Gasteiger partial charge in [0.15, 0.2) is 26.5 Å². The molecule has 0 radical (unpaired) electrons. The Balaban J connectivity index is 1.41. The number of hydrogen-bond acceptors (Lipinski definition) is 7. The Hall–Kier alpha value is -2.65. The van der Waals surface area contributed by atoms with Crippen LogP contribution < -0.4 is 14.4 Å². The standard InChI is InChI=1S/C24H27FN2O4S2/c1-16-4-6-18(25)14-23(16)33(28,29)20-8-10-27(11-9-20)24-26-19(15-32-24)12-17-5-7-21(30-2)22(13-17)31-3/h4-7,13-15,20H,8-12H2,1-3H3. The van der Waals surface area contributed by atoms with E-state index in [1.165, 1.54) is 12.1 Å². The smallest absolute Gasteiger partial charge is 0.185 e. The molecule has 0 N–H and O–H groups in total. The summed E-state index contributed by atoms with van der Waals surface area (Å²) < 4.78 is 50.5. The fraction of sp³-hybridized carbons (Fsp3) is 0.375. The van der Waals surface area contributed by atoms with Gasteiger partial charge in [0.2, 0.25) is 0 Å². The Kier molecular flexibility index (Phi) is 6.90. The average molecular weight is 491 g/mol. The van der Waals surface area contributed by atoms with Gasteiger partial charge < -0.3 is 14.4 Å². The van der Waals surface area contributed by atoms with Crippen LogP contribution in [0.25, 0.3) is 0 Å². The topological polar surface area (TPSA) is 68.7 Å². The number of sulfone groups is 1. The highest BCUT2D eigenvalue weighted by molar-refractivity contribution is 7.92. The number of halogens is 1. The quantitative estimate of drug-likeness (QED) is 0.481. The minimum absolute atomic E-state index is 0.104. The van der Waals surface area contributed by atoms with E-state index in [9.17, 15) is 12.8 Å². The monoisotopic (exact) mass is 490 g/mol. The summed E-state index contributed by atoms with van der Waals surface area (Å²) in [5.74, 6) is 0.843. The Morgan fingerprint density at radius 1 is 1.09 bits per heavy atom. The average Bonchev–Trinajstić information content (AvgIpc) is 3.29. The van der Waals surface area contributed by atoms with Gasteiger partial charge in [-0.25, -0.2) is 17.8 Å². The molecular weight excluding hydrogens is 463 g/mol. The third kappa shape index (κ3) is 4.99. The van der Waals surface area contributed by atoms with Gasteiger partial charge in [0.25, 0.3) is 0 Å². The minimum Gasteiger partial charge on any atom is -0.493 e. The van der Waals surface area contributed by atoms with E-state index in [-0.39, 0.29) is 4.90 Å². The first-order valence-electron chi connectivity index (χ1n) is 10.7. The number of aromatic nitrogens is 1. The molecule has 1 aliphatic heterocycles. The Morgan fingerprint density at radius 2 is 1.82 bits per heavy atom. The van der Waals surface area contributed by atoms with Crippen molar-refractivity contribution in [3.05, 3.63) is 64.4 Å². The van der Waals surface area contributed by atoms with Crippen molar-refractivity contribution in [2.45, 2.75) is 36.3 Å². The number of anilines is 1. The fourth-order valence-electron chi connectivity index (χ4n) is 4.14. The number of nitrogens with zero attached hydrogens (tertiary/aromatic N) is 2. The van der Waals surface area contributed by atoms with Crippen molar-refractivity contribution in [1.82, 2.24) is 4.98 Å². The number of hydrogen-bond donors (Lipinski definition) is 0. The molecule has 176 valence electrons. The zero-order valence-electron chi connectivity index (χ0n) is 18.9. The molecule has 4 rings (SSSR count). The molecule has 0 atom stereocenters. The van der Waals surface area contributed by atoms with E-state index >= 15 is 0 Å². The highest BCUT2D eigenvalue weighted by Crippen LogP contribution is 2.32. The molecule has 2 aromatic carbocycles. The van der Waals surface area contributed by atoms with Crippen LogP contribution in [0.1, 0.15) is 29.7 Å². The van der Waals surface area contributed by atoms with Crippen molar-refractivity contribution in [2.75, 3.05) is 32.2 Å². The molecule has 1 fully saturated rings. The van der Waals surface area contributed by atoms with Crippen LogP contribution in [0.5, 0.6) is 11.5 Å². The number of aryl methyl sites for hydroxylation is 1. The lowest BCUT2D eigenvalue weighted by Crippen LogP contribution is -2.39. The summed E-state index contributed by atoms with van der Waals surface area (Å²) in [7, 11) is -0.352. The van der Waals surface area contributed by atoms with Gasteiger partial charge in [0, 0.05) is 24.9 Å². The molecule has 1 saturated heterocycles.